The monoisotopic (exact) mass is 239 g/mol. The summed E-state index contributed by atoms with van der Waals surface area (Å²) in [5.41, 5.74) is 0.160. The summed E-state index contributed by atoms with van der Waals surface area (Å²) in [6.45, 7) is 0.323. The number of nitro benzene ring substituents is 1. The van der Waals surface area contributed by atoms with E-state index in [4.69, 9.17) is 9.84 Å². The molecule has 0 aliphatic rings. The Hall–Kier alpha value is -1.95. The molecule has 0 saturated heterocycles. The zero-order valence-electron chi connectivity index (χ0n) is 9.17. The van der Waals surface area contributed by atoms with E-state index in [1.807, 2.05) is 0 Å². The Bertz CT molecular complexity index is 405. The van der Waals surface area contributed by atoms with Gasteiger partial charge in [0.1, 0.15) is 6.29 Å². The third kappa shape index (κ3) is 3.84. The number of benzene rings is 1. The Balaban J connectivity index is 2.78. The van der Waals surface area contributed by atoms with E-state index in [0.717, 1.165) is 0 Å². The quantitative estimate of drug-likeness (QED) is 0.337. The van der Waals surface area contributed by atoms with Crippen molar-refractivity contribution in [3.05, 3.63) is 33.9 Å². The molecule has 0 amide bonds. The van der Waals surface area contributed by atoms with Gasteiger partial charge in [0.15, 0.2) is 5.75 Å². The van der Waals surface area contributed by atoms with Crippen molar-refractivity contribution in [1.82, 2.24) is 0 Å². The van der Waals surface area contributed by atoms with Gasteiger partial charge in [-0.1, -0.05) is 0 Å². The summed E-state index contributed by atoms with van der Waals surface area (Å²) in [7, 11) is 0. The van der Waals surface area contributed by atoms with Crippen LogP contribution in [-0.2, 0) is 0 Å². The first kappa shape index (κ1) is 13.1. The minimum Gasteiger partial charge on any atom is -0.487 e. The predicted octanol–water partition coefficient (Wildman–Crippen LogP) is 1.56. The van der Waals surface area contributed by atoms with E-state index in [9.17, 15) is 14.9 Å². The fourth-order valence-electron chi connectivity index (χ4n) is 1.27. The first-order valence-corrected chi connectivity index (χ1v) is 5.16. The molecular weight excluding hydrogens is 226 g/mol. The standard InChI is InChI=1S/C11H13NO5/c13-5-1-2-6-17-11-7-9(8-14)3-4-10(11)12(15)16/h3-4,7-8,13H,1-2,5-6H2. The van der Waals surface area contributed by atoms with E-state index in [-0.39, 0.29) is 24.7 Å². The van der Waals surface area contributed by atoms with E-state index in [0.29, 0.717) is 24.7 Å². The molecule has 6 heteroatoms. The summed E-state index contributed by atoms with van der Waals surface area (Å²) in [6.07, 6.45) is 1.77. The minimum atomic E-state index is -0.560. The van der Waals surface area contributed by atoms with Gasteiger partial charge in [0, 0.05) is 18.2 Å². The van der Waals surface area contributed by atoms with Gasteiger partial charge in [-0.05, 0) is 25.0 Å². The van der Waals surface area contributed by atoms with Gasteiger partial charge in [-0.3, -0.25) is 14.9 Å². The summed E-state index contributed by atoms with van der Waals surface area (Å²) in [4.78, 5) is 20.7. The molecule has 0 heterocycles. The number of rotatable bonds is 7. The molecule has 0 saturated carbocycles. The number of hydrogen-bond acceptors (Lipinski definition) is 5. The molecule has 6 nitrogen and oxygen atoms in total. The van der Waals surface area contributed by atoms with E-state index in [1.54, 1.807) is 0 Å². The lowest BCUT2D eigenvalue weighted by Crippen LogP contribution is -2.02. The fraction of sp³-hybridized carbons (Fsp3) is 0.364. The van der Waals surface area contributed by atoms with Crippen LogP contribution in [0.15, 0.2) is 18.2 Å². The number of aldehydes is 1. The smallest absolute Gasteiger partial charge is 0.310 e. The van der Waals surface area contributed by atoms with Crippen LogP contribution in [0.3, 0.4) is 0 Å². The molecule has 0 atom stereocenters. The van der Waals surface area contributed by atoms with Crippen molar-refractivity contribution in [2.75, 3.05) is 13.2 Å². The van der Waals surface area contributed by atoms with Gasteiger partial charge in [-0.25, -0.2) is 0 Å². The highest BCUT2D eigenvalue weighted by Gasteiger charge is 2.15. The largest absolute Gasteiger partial charge is 0.487 e. The SMILES string of the molecule is O=Cc1ccc([N+](=O)[O-])c(OCCCCO)c1. The van der Waals surface area contributed by atoms with Crippen molar-refractivity contribution in [3.63, 3.8) is 0 Å². The molecule has 0 radical (unpaired) electrons. The second kappa shape index (κ2) is 6.59. The van der Waals surface area contributed by atoms with Gasteiger partial charge in [0.2, 0.25) is 0 Å². The molecule has 92 valence electrons. The summed E-state index contributed by atoms with van der Waals surface area (Å²) >= 11 is 0. The number of carbonyl (C=O) groups is 1. The third-order valence-electron chi connectivity index (χ3n) is 2.13. The molecule has 0 bridgehead atoms. The molecule has 1 aromatic carbocycles. The second-order valence-electron chi connectivity index (χ2n) is 3.38. The average Bonchev–Trinajstić information content (AvgIpc) is 2.34. The summed E-state index contributed by atoms with van der Waals surface area (Å²) in [6, 6.07) is 3.95. The molecule has 1 rings (SSSR count). The number of aliphatic hydroxyl groups excluding tert-OH is 1. The Morgan fingerprint density at radius 1 is 1.41 bits per heavy atom. The van der Waals surface area contributed by atoms with Crippen LogP contribution in [0.1, 0.15) is 23.2 Å². The van der Waals surface area contributed by atoms with Crippen molar-refractivity contribution in [3.8, 4) is 5.75 Å². The number of nitro groups is 1. The Morgan fingerprint density at radius 3 is 2.76 bits per heavy atom. The number of nitrogens with zero attached hydrogens (tertiary/aromatic N) is 1. The zero-order valence-corrected chi connectivity index (χ0v) is 9.17. The zero-order chi connectivity index (χ0) is 12.7. The number of hydrogen-bond donors (Lipinski definition) is 1. The van der Waals surface area contributed by atoms with E-state index in [1.165, 1.54) is 18.2 Å². The van der Waals surface area contributed by atoms with E-state index >= 15 is 0 Å². The van der Waals surface area contributed by atoms with Gasteiger partial charge in [-0.15, -0.1) is 0 Å². The van der Waals surface area contributed by atoms with Crippen LogP contribution >= 0.6 is 0 Å². The van der Waals surface area contributed by atoms with Crippen LogP contribution in [0.25, 0.3) is 0 Å². The molecule has 0 aliphatic heterocycles. The maximum Gasteiger partial charge on any atom is 0.310 e. The maximum atomic E-state index is 10.7. The highest BCUT2D eigenvalue weighted by Crippen LogP contribution is 2.27. The van der Waals surface area contributed by atoms with Gasteiger partial charge in [0.05, 0.1) is 11.5 Å². The van der Waals surface area contributed by atoms with Gasteiger partial charge < -0.3 is 9.84 Å². The highest BCUT2D eigenvalue weighted by molar-refractivity contribution is 5.76. The predicted molar refractivity (Wildman–Crippen MR) is 60.3 cm³/mol. The second-order valence-corrected chi connectivity index (χ2v) is 3.38. The first-order chi connectivity index (χ1) is 8.19. The molecule has 0 unspecified atom stereocenters. The van der Waals surface area contributed by atoms with E-state index < -0.39 is 4.92 Å². The molecular formula is C11H13NO5. The first-order valence-electron chi connectivity index (χ1n) is 5.16. The Labute approximate surface area is 98.0 Å². The minimum absolute atomic E-state index is 0.0554. The summed E-state index contributed by atoms with van der Waals surface area (Å²) in [5, 5.41) is 19.3. The molecule has 0 spiro atoms. The van der Waals surface area contributed by atoms with Crippen LogP contribution in [0, 0.1) is 10.1 Å². The van der Waals surface area contributed by atoms with Crippen molar-refractivity contribution in [1.29, 1.82) is 0 Å². The van der Waals surface area contributed by atoms with Crippen LogP contribution < -0.4 is 4.74 Å². The molecule has 0 aliphatic carbocycles. The normalized spacial score (nSPS) is 9.94. The van der Waals surface area contributed by atoms with Crippen LogP contribution in [-0.4, -0.2) is 29.5 Å². The number of aliphatic hydroxyl groups is 1. The lowest BCUT2D eigenvalue weighted by Gasteiger charge is -2.06. The van der Waals surface area contributed by atoms with Crippen LogP contribution in [0.2, 0.25) is 0 Å². The third-order valence-corrected chi connectivity index (χ3v) is 2.13. The molecule has 1 aromatic rings. The van der Waals surface area contributed by atoms with Crippen LogP contribution in [0.5, 0.6) is 5.75 Å². The van der Waals surface area contributed by atoms with Crippen molar-refractivity contribution >= 4 is 12.0 Å². The number of carbonyl (C=O) groups excluding carboxylic acids is 1. The van der Waals surface area contributed by atoms with Gasteiger partial charge >= 0.3 is 5.69 Å². The maximum absolute atomic E-state index is 10.7. The number of unbranched alkanes of at least 4 members (excludes halogenated alkanes) is 1. The summed E-state index contributed by atoms with van der Waals surface area (Å²) < 4.78 is 5.23. The lowest BCUT2D eigenvalue weighted by molar-refractivity contribution is -0.385. The fourth-order valence-corrected chi connectivity index (χ4v) is 1.27. The van der Waals surface area contributed by atoms with E-state index in [2.05, 4.69) is 0 Å². The molecule has 0 fully saturated rings. The topological polar surface area (TPSA) is 89.7 Å². The van der Waals surface area contributed by atoms with Crippen molar-refractivity contribution in [2.45, 2.75) is 12.8 Å². The van der Waals surface area contributed by atoms with Crippen molar-refractivity contribution < 1.29 is 19.6 Å². The molecule has 0 aromatic heterocycles. The highest BCUT2D eigenvalue weighted by atomic mass is 16.6. The van der Waals surface area contributed by atoms with Gasteiger partial charge in [0.25, 0.3) is 0 Å². The Morgan fingerprint density at radius 2 is 2.18 bits per heavy atom. The summed E-state index contributed by atoms with van der Waals surface area (Å²) in [5.74, 6) is 0.0811. The van der Waals surface area contributed by atoms with Crippen molar-refractivity contribution in [2.24, 2.45) is 0 Å². The number of ether oxygens (including phenoxy) is 1. The average molecular weight is 239 g/mol. The Kier molecular flexibility index (Phi) is 5.09. The molecule has 17 heavy (non-hydrogen) atoms. The van der Waals surface area contributed by atoms with Gasteiger partial charge in [-0.2, -0.15) is 0 Å². The lowest BCUT2D eigenvalue weighted by atomic mass is 10.2. The van der Waals surface area contributed by atoms with Crippen LogP contribution in [0.4, 0.5) is 5.69 Å². The molecule has 1 N–H and O–H groups in total.